The highest BCUT2D eigenvalue weighted by molar-refractivity contribution is 7.89. The van der Waals surface area contributed by atoms with Crippen LogP contribution in [0.2, 0.25) is 0 Å². The van der Waals surface area contributed by atoms with Crippen LogP contribution in [0.1, 0.15) is 24.1 Å². The second kappa shape index (κ2) is 8.17. The Morgan fingerprint density at radius 3 is 3.07 bits per heavy atom. The second-order valence-electron chi connectivity index (χ2n) is 6.33. The fourth-order valence-electron chi connectivity index (χ4n) is 3.08. The topological polar surface area (TPSA) is 121 Å². The largest absolute Gasteiger partial charge is 0.382 e. The Balaban J connectivity index is 1.45. The van der Waals surface area contributed by atoms with E-state index in [2.05, 4.69) is 18.9 Å². The molecule has 1 fully saturated rings. The van der Waals surface area contributed by atoms with Crippen LogP contribution in [0.4, 0.5) is 0 Å². The summed E-state index contributed by atoms with van der Waals surface area (Å²) in [5.74, 6) is 0.737. The van der Waals surface area contributed by atoms with Gasteiger partial charge in [0.05, 0.1) is 24.9 Å². The van der Waals surface area contributed by atoms with Crippen molar-refractivity contribution in [1.29, 1.82) is 0 Å². The third-order valence-electron chi connectivity index (χ3n) is 4.52. The molecule has 0 N–H and O–H groups in total. The summed E-state index contributed by atoms with van der Waals surface area (Å²) in [5.41, 5.74) is 0.990. The minimum Gasteiger partial charge on any atom is -0.382 e. The summed E-state index contributed by atoms with van der Waals surface area (Å²) < 4.78 is 51.4. The second-order valence-corrected chi connectivity index (χ2v) is 8.76. The Kier molecular flexibility index (Phi) is 5.64. The number of aromatic nitrogens is 4. The molecule has 1 aromatic carbocycles. The average Bonchev–Trinajstić information content (AvgIpc) is 3.44. The molecule has 150 valence electrons. The number of nitrogens with zero attached hydrogens (tertiary/aromatic N) is 5. The number of hydrogen-bond donors (Lipinski definition) is 0. The zero-order valence-corrected chi connectivity index (χ0v) is 16.8. The van der Waals surface area contributed by atoms with Crippen LogP contribution in [0.25, 0.3) is 11.0 Å². The number of fused-ring (bicyclic) bond motifs is 1. The SMILES string of the molecule is COCCOCc1nc(C2CCN(S(=O)(=O)c3cccc4nsnc34)C2)no1. The highest BCUT2D eigenvalue weighted by atomic mass is 32.2. The first-order valence-corrected chi connectivity index (χ1v) is 10.9. The molecule has 3 heterocycles. The van der Waals surface area contributed by atoms with Gasteiger partial charge in [-0.1, -0.05) is 11.2 Å². The van der Waals surface area contributed by atoms with E-state index in [9.17, 15) is 8.42 Å². The lowest BCUT2D eigenvalue weighted by Gasteiger charge is -2.16. The zero-order valence-electron chi connectivity index (χ0n) is 15.1. The molecule has 1 atom stereocenters. The highest BCUT2D eigenvalue weighted by Crippen LogP contribution is 2.32. The zero-order chi connectivity index (χ0) is 19.6. The van der Waals surface area contributed by atoms with Crippen LogP contribution in [0.5, 0.6) is 0 Å². The van der Waals surface area contributed by atoms with Gasteiger partial charge in [0.2, 0.25) is 10.0 Å². The van der Waals surface area contributed by atoms with E-state index in [0.29, 0.717) is 55.5 Å². The monoisotopic (exact) mass is 425 g/mol. The van der Waals surface area contributed by atoms with Crippen LogP contribution < -0.4 is 0 Å². The van der Waals surface area contributed by atoms with Crippen molar-refractivity contribution in [3.63, 3.8) is 0 Å². The summed E-state index contributed by atoms with van der Waals surface area (Å²) in [4.78, 5) is 4.52. The first-order valence-electron chi connectivity index (χ1n) is 8.70. The Bertz CT molecular complexity index is 1050. The van der Waals surface area contributed by atoms with Gasteiger partial charge in [0.25, 0.3) is 5.89 Å². The lowest BCUT2D eigenvalue weighted by Crippen LogP contribution is -2.29. The van der Waals surface area contributed by atoms with Crippen LogP contribution in [-0.4, -0.2) is 65.0 Å². The third kappa shape index (κ3) is 3.78. The quantitative estimate of drug-likeness (QED) is 0.493. The summed E-state index contributed by atoms with van der Waals surface area (Å²) >= 11 is 1.00. The van der Waals surface area contributed by atoms with E-state index in [0.717, 1.165) is 11.7 Å². The molecule has 0 saturated carbocycles. The van der Waals surface area contributed by atoms with Crippen molar-refractivity contribution >= 4 is 32.8 Å². The van der Waals surface area contributed by atoms with E-state index in [4.69, 9.17) is 14.0 Å². The van der Waals surface area contributed by atoms with Crippen LogP contribution in [0.3, 0.4) is 0 Å². The molecule has 1 unspecified atom stereocenters. The van der Waals surface area contributed by atoms with Crippen molar-refractivity contribution in [2.24, 2.45) is 0 Å². The van der Waals surface area contributed by atoms with Gasteiger partial charge in [0.15, 0.2) is 5.82 Å². The maximum atomic E-state index is 13.1. The minimum atomic E-state index is -3.68. The van der Waals surface area contributed by atoms with E-state index in [1.165, 1.54) is 4.31 Å². The van der Waals surface area contributed by atoms with Crippen LogP contribution in [0, 0.1) is 0 Å². The molecule has 0 spiro atoms. The third-order valence-corrected chi connectivity index (χ3v) is 6.96. The van der Waals surface area contributed by atoms with Gasteiger partial charge in [-0.15, -0.1) is 0 Å². The Labute approximate surface area is 165 Å². The Morgan fingerprint density at radius 2 is 2.21 bits per heavy atom. The van der Waals surface area contributed by atoms with Gasteiger partial charge >= 0.3 is 0 Å². The van der Waals surface area contributed by atoms with E-state index in [1.54, 1.807) is 25.3 Å². The lowest BCUT2D eigenvalue weighted by molar-refractivity contribution is 0.0494. The number of benzene rings is 1. The van der Waals surface area contributed by atoms with Crippen molar-refractivity contribution in [2.75, 3.05) is 33.4 Å². The lowest BCUT2D eigenvalue weighted by atomic mass is 10.1. The van der Waals surface area contributed by atoms with E-state index < -0.39 is 10.0 Å². The van der Waals surface area contributed by atoms with Crippen molar-refractivity contribution in [3.05, 3.63) is 29.9 Å². The number of ether oxygens (including phenoxy) is 2. The average molecular weight is 425 g/mol. The summed E-state index contributed by atoms with van der Waals surface area (Å²) in [6.07, 6.45) is 0.619. The van der Waals surface area contributed by atoms with Gasteiger partial charge in [-0.05, 0) is 18.6 Å². The minimum absolute atomic E-state index is 0.126. The fraction of sp³-hybridized carbons (Fsp3) is 0.500. The summed E-state index contributed by atoms with van der Waals surface area (Å²) in [5, 5.41) is 3.99. The molecule has 1 aliphatic rings. The number of methoxy groups -OCH3 is 1. The van der Waals surface area contributed by atoms with Crippen molar-refractivity contribution < 1.29 is 22.4 Å². The molecule has 0 bridgehead atoms. The smallest absolute Gasteiger partial charge is 0.252 e. The summed E-state index contributed by atoms with van der Waals surface area (Å²) in [6, 6.07) is 5.00. The van der Waals surface area contributed by atoms with Crippen molar-refractivity contribution in [3.8, 4) is 0 Å². The van der Waals surface area contributed by atoms with Gasteiger partial charge in [-0.25, -0.2) is 8.42 Å². The molecule has 0 amide bonds. The first kappa shape index (κ1) is 19.3. The van der Waals surface area contributed by atoms with E-state index >= 15 is 0 Å². The molecule has 3 aromatic rings. The highest BCUT2D eigenvalue weighted by Gasteiger charge is 2.36. The van der Waals surface area contributed by atoms with Crippen LogP contribution in [-0.2, 0) is 26.1 Å². The van der Waals surface area contributed by atoms with Crippen molar-refractivity contribution in [2.45, 2.75) is 23.8 Å². The maximum absolute atomic E-state index is 13.1. The van der Waals surface area contributed by atoms with E-state index in [-0.39, 0.29) is 17.4 Å². The molecular weight excluding hydrogens is 406 g/mol. The van der Waals surface area contributed by atoms with Gasteiger partial charge in [0, 0.05) is 26.1 Å². The standard InChI is InChI=1S/C16H19N5O5S2/c1-24-7-8-25-10-14-17-16(18-26-14)11-5-6-21(9-11)28(22,23)13-4-2-3-12-15(13)20-27-19-12/h2-4,11H,5-10H2,1H3. The number of rotatable bonds is 8. The Hall–Kier alpha value is -1.99. The van der Waals surface area contributed by atoms with Crippen LogP contribution in [0.15, 0.2) is 27.6 Å². The van der Waals surface area contributed by atoms with Crippen molar-refractivity contribution in [1.82, 2.24) is 23.2 Å². The molecule has 0 radical (unpaired) electrons. The Morgan fingerprint density at radius 1 is 1.32 bits per heavy atom. The molecule has 4 rings (SSSR count). The van der Waals surface area contributed by atoms with Gasteiger partial charge in [0.1, 0.15) is 22.5 Å². The molecule has 1 saturated heterocycles. The van der Waals surface area contributed by atoms with Gasteiger partial charge < -0.3 is 14.0 Å². The van der Waals surface area contributed by atoms with Crippen LogP contribution >= 0.6 is 11.7 Å². The molecule has 12 heteroatoms. The molecular formula is C16H19N5O5S2. The van der Waals surface area contributed by atoms with E-state index in [1.807, 2.05) is 0 Å². The van der Waals surface area contributed by atoms with Gasteiger partial charge in [-0.2, -0.15) is 18.0 Å². The number of sulfonamides is 1. The molecule has 10 nitrogen and oxygen atoms in total. The fourth-order valence-corrected chi connectivity index (χ4v) is 5.33. The molecule has 1 aliphatic heterocycles. The summed E-state index contributed by atoms with van der Waals surface area (Å²) in [7, 11) is -2.08. The molecule has 28 heavy (non-hydrogen) atoms. The predicted molar refractivity (Wildman–Crippen MR) is 99.4 cm³/mol. The summed E-state index contributed by atoms with van der Waals surface area (Å²) in [6.45, 7) is 1.79. The first-order chi connectivity index (χ1) is 13.6. The number of hydrogen-bond acceptors (Lipinski definition) is 10. The molecule has 2 aromatic heterocycles. The molecule has 0 aliphatic carbocycles. The normalized spacial score (nSPS) is 18.2. The maximum Gasteiger partial charge on any atom is 0.252 e. The van der Waals surface area contributed by atoms with Gasteiger partial charge in [-0.3, -0.25) is 0 Å². The predicted octanol–water partition coefficient (Wildman–Crippen LogP) is 1.42.